The molecule has 0 fully saturated rings. The zero-order valence-corrected chi connectivity index (χ0v) is 36.9. The second-order valence-corrected chi connectivity index (χ2v) is 17.3. The standard InChI is InChI=1S/C63H46N4/c64-59-32-18-15-29-56(59)62(45-19-5-1-6-20-45)65-43-66-60-41-46(44-33-37-51(38-34-44)67(49-23-9-3-10-24-49)50-25-11-4-12-26-50)35-39-54(60)55-40-36-48(42-61(55)66)63(47-21-7-2-8-22-47)57-30-16-13-27-52(57)53-28-14-17-31-58(53)63/h1-42H,43,64H2/b65-62-. The summed E-state index contributed by atoms with van der Waals surface area (Å²) in [7, 11) is 0. The van der Waals surface area contributed by atoms with E-state index in [4.69, 9.17) is 10.7 Å². The van der Waals surface area contributed by atoms with Crippen molar-refractivity contribution in [2.75, 3.05) is 10.6 Å². The molecule has 2 N–H and O–H groups in total. The van der Waals surface area contributed by atoms with Crippen LogP contribution in [0.4, 0.5) is 22.7 Å². The predicted octanol–water partition coefficient (Wildman–Crippen LogP) is 15.4. The molecule has 0 spiro atoms. The van der Waals surface area contributed by atoms with Crippen molar-refractivity contribution in [2.45, 2.75) is 12.1 Å². The first kappa shape index (κ1) is 39.8. The van der Waals surface area contributed by atoms with Gasteiger partial charge in [0.15, 0.2) is 0 Å². The Labute approximate surface area is 391 Å². The quantitative estimate of drug-likeness (QED) is 0.110. The fraction of sp³-hybridized carbons (Fsp3) is 0.0317. The minimum Gasteiger partial charge on any atom is -0.398 e. The molecule has 0 saturated carbocycles. The first-order valence-electron chi connectivity index (χ1n) is 22.9. The largest absolute Gasteiger partial charge is 0.398 e. The van der Waals surface area contributed by atoms with Gasteiger partial charge in [0.05, 0.1) is 22.2 Å². The highest BCUT2D eigenvalue weighted by atomic mass is 15.1. The summed E-state index contributed by atoms with van der Waals surface area (Å²) in [6.45, 7) is 0.374. The second-order valence-electron chi connectivity index (χ2n) is 17.3. The number of nitrogens with two attached hydrogens (primary N) is 1. The summed E-state index contributed by atoms with van der Waals surface area (Å²) in [4.78, 5) is 7.83. The first-order chi connectivity index (χ1) is 33.2. The van der Waals surface area contributed by atoms with Gasteiger partial charge in [-0.05, 0) is 99.1 Å². The van der Waals surface area contributed by atoms with Crippen LogP contribution in [0.25, 0.3) is 44.1 Å². The van der Waals surface area contributed by atoms with Crippen molar-refractivity contribution in [3.05, 3.63) is 288 Å². The molecule has 0 bridgehead atoms. The number of nitrogen functional groups attached to an aromatic ring is 1. The Kier molecular flexibility index (Phi) is 9.92. The topological polar surface area (TPSA) is 46.5 Å². The molecule has 0 radical (unpaired) electrons. The van der Waals surface area contributed by atoms with E-state index in [1.54, 1.807) is 0 Å². The summed E-state index contributed by atoms with van der Waals surface area (Å²) in [5, 5.41) is 2.36. The maximum absolute atomic E-state index is 6.72. The third kappa shape index (κ3) is 6.73. The second kappa shape index (κ2) is 16.7. The molecule has 1 aliphatic rings. The summed E-state index contributed by atoms with van der Waals surface area (Å²) < 4.78 is 2.41. The molecule has 0 saturated heterocycles. The first-order valence-corrected chi connectivity index (χ1v) is 22.9. The Morgan fingerprint density at radius 3 is 1.55 bits per heavy atom. The summed E-state index contributed by atoms with van der Waals surface area (Å²) in [5.74, 6) is 0. The maximum atomic E-state index is 6.72. The van der Waals surface area contributed by atoms with E-state index in [0.29, 0.717) is 12.4 Å². The van der Waals surface area contributed by atoms with Gasteiger partial charge >= 0.3 is 0 Å². The van der Waals surface area contributed by atoms with E-state index in [0.717, 1.165) is 56.1 Å². The fourth-order valence-corrected chi connectivity index (χ4v) is 10.6. The summed E-state index contributed by atoms with van der Waals surface area (Å²) in [5.41, 5.74) is 25.0. The van der Waals surface area contributed by atoms with Crippen LogP contribution in [-0.4, -0.2) is 10.3 Å². The summed E-state index contributed by atoms with van der Waals surface area (Å²) in [6, 6.07) is 91.4. The molecule has 4 nitrogen and oxygen atoms in total. The van der Waals surface area contributed by atoms with Gasteiger partial charge in [-0.3, -0.25) is 4.99 Å². The van der Waals surface area contributed by atoms with E-state index in [2.05, 4.69) is 240 Å². The zero-order valence-electron chi connectivity index (χ0n) is 36.9. The molecule has 12 rings (SSSR count). The monoisotopic (exact) mass is 858 g/mol. The highest BCUT2D eigenvalue weighted by Gasteiger charge is 2.46. The molecule has 0 aliphatic heterocycles. The van der Waals surface area contributed by atoms with Crippen LogP contribution in [0.2, 0.25) is 0 Å². The van der Waals surface area contributed by atoms with Crippen LogP contribution in [0.5, 0.6) is 0 Å². The zero-order chi connectivity index (χ0) is 44.7. The molecule has 10 aromatic carbocycles. The van der Waals surface area contributed by atoms with Crippen LogP contribution in [0.15, 0.2) is 260 Å². The molecule has 1 aromatic heterocycles. The van der Waals surface area contributed by atoms with Crippen LogP contribution < -0.4 is 10.6 Å². The van der Waals surface area contributed by atoms with E-state index in [-0.39, 0.29) is 0 Å². The Hall–Kier alpha value is -8.73. The van der Waals surface area contributed by atoms with E-state index in [1.807, 2.05) is 24.3 Å². The molecular formula is C63H46N4. The number of anilines is 4. The number of rotatable bonds is 10. The highest BCUT2D eigenvalue weighted by Crippen LogP contribution is 2.56. The number of hydrogen-bond acceptors (Lipinski definition) is 3. The number of para-hydroxylation sites is 3. The van der Waals surface area contributed by atoms with Crippen molar-refractivity contribution < 1.29 is 0 Å². The van der Waals surface area contributed by atoms with Crippen LogP contribution in [0.1, 0.15) is 33.4 Å². The van der Waals surface area contributed by atoms with Gasteiger partial charge in [-0.1, -0.05) is 200 Å². The molecule has 4 heteroatoms. The average Bonchev–Trinajstić information content (AvgIpc) is 3.88. The molecule has 0 unspecified atom stereocenters. The van der Waals surface area contributed by atoms with E-state index >= 15 is 0 Å². The minimum absolute atomic E-state index is 0.374. The van der Waals surface area contributed by atoms with E-state index < -0.39 is 5.41 Å². The molecule has 1 aliphatic carbocycles. The van der Waals surface area contributed by atoms with Crippen LogP contribution in [-0.2, 0) is 12.1 Å². The molecule has 67 heavy (non-hydrogen) atoms. The molecular weight excluding hydrogens is 813 g/mol. The molecule has 11 aromatic rings. The molecule has 1 heterocycles. The van der Waals surface area contributed by atoms with Gasteiger partial charge in [-0.2, -0.15) is 0 Å². The van der Waals surface area contributed by atoms with Crippen molar-refractivity contribution in [2.24, 2.45) is 4.99 Å². The van der Waals surface area contributed by atoms with Gasteiger partial charge in [0.2, 0.25) is 0 Å². The number of hydrogen-bond donors (Lipinski definition) is 1. The maximum Gasteiger partial charge on any atom is 0.115 e. The van der Waals surface area contributed by atoms with Gasteiger partial charge in [-0.25, -0.2) is 0 Å². The lowest BCUT2D eigenvalue weighted by Crippen LogP contribution is -2.28. The number of nitrogens with zero attached hydrogens (tertiary/aromatic N) is 3. The third-order valence-electron chi connectivity index (χ3n) is 13.6. The van der Waals surface area contributed by atoms with Crippen molar-refractivity contribution in [3.63, 3.8) is 0 Å². The van der Waals surface area contributed by atoms with E-state index in [1.165, 1.54) is 44.2 Å². The lowest BCUT2D eigenvalue weighted by molar-refractivity contribution is 0.763. The number of aliphatic imine (C=N–C) groups is 1. The van der Waals surface area contributed by atoms with Crippen LogP contribution in [0.3, 0.4) is 0 Å². The Balaban J connectivity index is 1.06. The summed E-state index contributed by atoms with van der Waals surface area (Å²) >= 11 is 0. The van der Waals surface area contributed by atoms with Gasteiger partial charge < -0.3 is 15.2 Å². The smallest absolute Gasteiger partial charge is 0.115 e. The molecule has 0 amide bonds. The van der Waals surface area contributed by atoms with Gasteiger partial charge in [-0.15, -0.1) is 0 Å². The third-order valence-corrected chi connectivity index (χ3v) is 13.6. The van der Waals surface area contributed by atoms with Gasteiger partial charge in [0.25, 0.3) is 0 Å². The fourth-order valence-electron chi connectivity index (χ4n) is 10.6. The van der Waals surface area contributed by atoms with Gasteiger partial charge in [0, 0.05) is 44.6 Å². The van der Waals surface area contributed by atoms with Gasteiger partial charge in [0.1, 0.15) is 6.67 Å². The number of aromatic nitrogens is 1. The van der Waals surface area contributed by atoms with Crippen molar-refractivity contribution >= 4 is 50.3 Å². The van der Waals surface area contributed by atoms with Crippen LogP contribution >= 0.6 is 0 Å². The summed E-state index contributed by atoms with van der Waals surface area (Å²) in [6.07, 6.45) is 0. The Morgan fingerprint density at radius 1 is 0.433 bits per heavy atom. The Bertz CT molecular complexity index is 3510. The Morgan fingerprint density at radius 2 is 0.925 bits per heavy atom. The lowest BCUT2D eigenvalue weighted by atomic mass is 9.67. The average molecular weight is 859 g/mol. The number of benzene rings is 10. The highest BCUT2D eigenvalue weighted by molar-refractivity contribution is 6.16. The molecule has 0 atom stereocenters. The van der Waals surface area contributed by atoms with E-state index in [9.17, 15) is 0 Å². The normalized spacial score (nSPS) is 12.8. The molecule has 318 valence electrons. The number of fused-ring (bicyclic) bond motifs is 6. The minimum atomic E-state index is -0.541. The SMILES string of the molecule is Nc1ccccc1/C(=N\Cn1c2cc(-c3ccc(N(c4ccccc4)c4ccccc4)cc3)ccc2c2ccc(C3(c4ccccc4)c4ccccc4-c4ccccc43)cc21)c1ccccc1. The van der Waals surface area contributed by atoms with Crippen molar-refractivity contribution in [3.8, 4) is 22.3 Å². The lowest BCUT2D eigenvalue weighted by Gasteiger charge is -2.34. The van der Waals surface area contributed by atoms with Crippen molar-refractivity contribution in [1.29, 1.82) is 0 Å². The predicted molar refractivity (Wildman–Crippen MR) is 280 cm³/mol. The van der Waals surface area contributed by atoms with Crippen LogP contribution in [0, 0.1) is 0 Å². The van der Waals surface area contributed by atoms with Crippen molar-refractivity contribution in [1.82, 2.24) is 4.57 Å².